The minimum Gasteiger partial charge on any atom is -0.497 e. The summed E-state index contributed by atoms with van der Waals surface area (Å²) in [7, 11) is 14.2. The molecule has 0 saturated heterocycles. The quantitative estimate of drug-likeness (QED) is 0.0470. The number of halogens is 2. The predicted molar refractivity (Wildman–Crippen MR) is 344 cm³/mol. The molecule has 11 aromatic rings. The highest BCUT2D eigenvalue weighted by Crippen LogP contribution is 2.45. The number of aromatic amines is 1. The van der Waals surface area contributed by atoms with E-state index in [2.05, 4.69) is 78.5 Å². The van der Waals surface area contributed by atoms with Crippen molar-refractivity contribution in [2.75, 3.05) is 64.0 Å². The summed E-state index contributed by atoms with van der Waals surface area (Å²) in [4.78, 5) is 26.9. The Balaban J connectivity index is 0.000000230. The van der Waals surface area contributed by atoms with Gasteiger partial charge in [0.15, 0.2) is 11.5 Å². The molecular weight excluding hydrogens is 1260 g/mol. The van der Waals surface area contributed by atoms with E-state index in [9.17, 15) is 9.59 Å². The fourth-order valence-electron chi connectivity index (χ4n) is 10.5. The molecule has 0 fully saturated rings. The largest absolute Gasteiger partial charge is 0.497 e. The molecule has 2 atom stereocenters. The van der Waals surface area contributed by atoms with Crippen molar-refractivity contribution >= 4 is 43.4 Å². The van der Waals surface area contributed by atoms with Crippen LogP contribution in [-0.2, 0) is 15.0 Å². The van der Waals surface area contributed by atoms with Gasteiger partial charge < -0.3 is 51.5 Å². The van der Waals surface area contributed by atoms with Crippen molar-refractivity contribution in [2.24, 2.45) is 0 Å². The van der Waals surface area contributed by atoms with E-state index in [1.807, 2.05) is 132 Å². The first kappa shape index (κ1) is 62.4. The molecular formula is C70H62Br2N4O13. The van der Waals surface area contributed by atoms with Gasteiger partial charge in [-0.15, -0.1) is 0 Å². The first-order valence-electron chi connectivity index (χ1n) is 27.7. The van der Waals surface area contributed by atoms with Crippen LogP contribution >= 0.6 is 31.9 Å². The molecule has 0 aliphatic heterocycles. The Morgan fingerprint density at radius 1 is 0.438 bits per heavy atom. The highest BCUT2D eigenvalue weighted by atomic mass is 79.9. The minimum atomic E-state index is -0.912. The number of nitrogens with one attached hydrogen (secondary N) is 1. The lowest BCUT2D eigenvalue weighted by Crippen LogP contribution is -2.38. The second kappa shape index (κ2) is 28.0. The van der Waals surface area contributed by atoms with Gasteiger partial charge in [0.1, 0.15) is 78.5 Å². The molecule has 4 heterocycles. The van der Waals surface area contributed by atoms with Gasteiger partial charge in [-0.3, -0.25) is 19.4 Å². The Morgan fingerprint density at radius 2 is 0.809 bits per heavy atom. The van der Waals surface area contributed by atoms with Crippen LogP contribution in [0.15, 0.2) is 212 Å². The molecule has 19 heteroatoms. The number of ether oxygens (including phenoxy) is 9. The first-order chi connectivity index (χ1) is 43.3. The van der Waals surface area contributed by atoms with Crippen LogP contribution in [0.5, 0.6) is 40.2 Å². The third-order valence-electron chi connectivity index (χ3n) is 15.1. The van der Waals surface area contributed by atoms with Crippen molar-refractivity contribution in [2.45, 2.75) is 17.7 Å². The molecule has 0 amide bonds. The van der Waals surface area contributed by atoms with Gasteiger partial charge in [-0.25, -0.2) is 0 Å². The maximum atomic E-state index is 13.8. The third kappa shape index (κ3) is 12.9. The standard InChI is InChI=1S/C46H41BrN2O8.C24H21BrN2O5/c1-51-36-17-11-33(12-18-36)46(34-13-19-37(52-2)20-14-34,35-15-21-38(53-3)22-16-35)49-28-32(27-48-49)29-7-9-30(10-8-29)45(56-6)44(50)40-24-23-39(57-40)31-25-41(54-4)43(47)42(26-31)55-5;1-29-20-10-16(11-21(30-2)22(20)25)18-8-9-19(32-18)23(28)24(31-3)15-6-4-14(5-7-15)17-12-26-27-13-17/h7-28,45H,1-6H3;4-13,24H,1-3H3,(H,26,27). The number of H-pyrrole nitrogens is 1. The summed E-state index contributed by atoms with van der Waals surface area (Å²) in [6, 6.07) is 53.3. The Hall–Kier alpha value is -9.66. The highest BCUT2D eigenvalue weighted by molar-refractivity contribution is 9.11. The van der Waals surface area contributed by atoms with E-state index in [-0.39, 0.29) is 23.1 Å². The van der Waals surface area contributed by atoms with Gasteiger partial charge in [0.2, 0.25) is 11.6 Å². The maximum absolute atomic E-state index is 13.8. The van der Waals surface area contributed by atoms with Crippen molar-refractivity contribution in [3.05, 3.63) is 243 Å². The van der Waals surface area contributed by atoms with Crippen molar-refractivity contribution < 1.29 is 61.1 Å². The zero-order valence-corrected chi connectivity index (χ0v) is 53.2. The van der Waals surface area contributed by atoms with Gasteiger partial charge in [0.25, 0.3) is 0 Å². The van der Waals surface area contributed by atoms with Crippen molar-refractivity contribution in [1.82, 2.24) is 20.0 Å². The molecule has 89 heavy (non-hydrogen) atoms. The SMILES string of the molecule is COc1cc(-c2ccc(C(=O)C(OC)c3ccc(-c4cn[nH]c4)cc3)o2)cc(OC)c1Br.COc1ccc(C(c2ccc(OC)cc2)(c2ccc(OC)cc2)n2cc(-c3ccc(C(OC)C(=O)c4ccc(-c5cc(OC)c(Br)c(OC)c5)o4)cc3)cn2)cc1. The summed E-state index contributed by atoms with van der Waals surface area (Å²) >= 11 is 6.95. The smallest absolute Gasteiger partial charge is 0.231 e. The van der Waals surface area contributed by atoms with Crippen LogP contribution in [0.25, 0.3) is 44.9 Å². The first-order valence-corrected chi connectivity index (χ1v) is 29.3. The fraction of sp³-hybridized carbons (Fsp3) is 0.171. The highest BCUT2D eigenvalue weighted by Gasteiger charge is 2.40. The van der Waals surface area contributed by atoms with Crippen LogP contribution in [0.1, 0.15) is 61.1 Å². The monoisotopic (exact) mass is 1320 g/mol. The van der Waals surface area contributed by atoms with E-state index in [4.69, 9.17) is 56.6 Å². The van der Waals surface area contributed by atoms with Gasteiger partial charge >= 0.3 is 0 Å². The normalized spacial score (nSPS) is 11.9. The number of benzene rings is 7. The molecule has 0 radical (unpaired) electrons. The van der Waals surface area contributed by atoms with Crippen LogP contribution in [-0.4, -0.2) is 95.5 Å². The molecule has 4 aromatic heterocycles. The van der Waals surface area contributed by atoms with Gasteiger partial charge in [-0.2, -0.15) is 10.2 Å². The summed E-state index contributed by atoms with van der Waals surface area (Å²) in [5, 5.41) is 11.8. The zero-order valence-electron chi connectivity index (χ0n) is 50.0. The van der Waals surface area contributed by atoms with Crippen LogP contribution in [0, 0.1) is 0 Å². The molecule has 454 valence electrons. The molecule has 11 rings (SSSR count). The van der Waals surface area contributed by atoms with Crippen LogP contribution < -0.4 is 33.2 Å². The lowest BCUT2D eigenvalue weighted by molar-refractivity contribution is 0.0574. The van der Waals surface area contributed by atoms with E-state index >= 15 is 0 Å². The molecule has 7 aromatic carbocycles. The van der Waals surface area contributed by atoms with E-state index in [1.165, 1.54) is 14.2 Å². The number of rotatable bonds is 23. The van der Waals surface area contributed by atoms with Crippen LogP contribution in [0.4, 0.5) is 0 Å². The summed E-state index contributed by atoms with van der Waals surface area (Å²) in [5.74, 6) is 5.33. The number of aromatic nitrogens is 4. The van der Waals surface area contributed by atoms with Crippen molar-refractivity contribution in [1.29, 1.82) is 0 Å². The molecule has 0 spiro atoms. The number of hydrogen-bond acceptors (Lipinski definition) is 15. The molecule has 0 saturated carbocycles. The average molecular weight is 1330 g/mol. The number of ketones is 2. The van der Waals surface area contributed by atoms with Crippen molar-refractivity contribution in [3.63, 3.8) is 0 Å². The van der Waals surface area contributed by atoms with E-state index in [0.29, 0.717) is 54.6 Å². The second-order valence-electron chi connectivity index (χ2n) is 20.0. The van der Waals surface area contributed by atoms with Gasteiger partial charge in [0.05, 0.1) is 62.2 Å². The Morgan fingerprint density at radius 3 is 1.13 bits per heavy atom. The van der Waals surface area contributed by atoms with E-state index < -0.39 is 17.7 Å². The molecule has 0 bridgehead atoms. The van der Waals surface area contributed by atoms with E-state index in [1.54, 1.807) is 80.2 Å². The zero-order chi connectivity index (χ0) is 62.8. The van der Waals surface area contributed by atoms with Gasteiger partial charge in [-0.05, 0) is 156 Å². The number of nitrogens with zero attached hydrogens (tertiary/aromatic N) is 3. The summed E-state index contributed by atoms with van der Waals surface area (Å²) in [6.07, 6.45) is 5.73. The third-order valence-corrected chi connectivity index (χ3v) is 16.7. The number of carbonyl (C=O) groups is 2. The molecule has 2 unspecified atom stereocenters. The van der Waals surface area contributed by atoms with Crippen LogP contribution in [0.2, 0.25) is 0 Å². The number of hydrogen-bond donors (Lipinski definition) is 1. The second-order valence-corrected chi connectivity index (χ2v) is 21.6. The Bertz CT molecular complexity index is 4010. The maximum Gasteiger partial charge on any atom is 0.231 e. The summed E-state index contributed by atoms with van der Waals surface area (Å²) in [5.41, 5.74) is 8.53. The number of methoxy groups -OCH3 is 9. The van der Waals surface area contributed by atoms with Crippen LogP contribution in [0.3, 0.4) is 0 Å². The van der Waals surface area contributed by atoms with Gasteiger partial charge in [0, 0.05) is 48.9 Å². The lowest BCUT2D eigenvalue weighted by atomic mass is 9.77. The topological polar surface area (TPSA) is 190 Å². The summed E-state index contributed by atoms with van der Waals surface area (Å²) in [6.45, 7) is 0. The molecule has 0 aliphatic rings. The Labute approximate surface area is 531 Å². The predicted octanol–water partition coefficient (Wildman–Crippen LogP) is 15.7. The van der Waals surface area contributed by atoms with Crippen molar-refractivity contribution in [3.8, 4) is 85.1 Å². The lowest BCUT2D eigenvalue weighted by Gasteiger charge is -2.36. The Kier molecular flexibility index (Phi) is 19.6. The molecule has 1 N–H and O–H groups in total. The number of Topliss-reactive ketones (excluding diaryl/α,β-unsaturated/α-hetero) is 2. The fourth-order valence-corrected chi connectivity index (χ4v) is 11.6. The minimum absolute atomic E-state index is 0.162. The summed E-state index contributed by atoms with van der Waals surface area (Å²) < 4.78 is 64.9. The average Bonchev–Trinajstić information content (AvgIpc) is 1.75. The van der Waals surface area contributed by atoms with E-state index in [0.717, 1.165) is 67.3 Å². The molecule has 17 nitrogen and oxygen atoms in total. The number of furan rings is 2. The number of carbonyl (C=O) groups excluding carboxylic acids is 2. The van der Waals surface area contributed by atoms with Gasteiger partial charge in [-0.1, -0.05) is 84.9 Å². The molecule has 0 aliphatic carbocycles.